The van der Waals surface area contributed by atoms with Crippen molar-refractivity contribution in [2.45, 2.75) is 25.4 Å². The fourth-order valence-electron chi connectivity index (χ4n) is 5.43. The molecule has 12 heteroatoms. The Morgan fingerprint density at radius 3 is 2.43 bits per heavy atom. The molecule has 1 aromatic heterocycles. The van der Waals surface area contributed by atoms with E-state index in [2.05, 4.69) is 11.4 Å². The molecule has 4 N–H and O–H groups in total. The molecule has 0 spiro atoms. The van der Waals surface area contributed by atoms with Crippen molar-refractivity contribution in [2.24, 2.45) is 0 Å². The maximum absolute atomic E-state index is 14.8. The van der Waals surface area contributed by atoms with Crippen LogP contribution in [-0.2, 0) is 11.3 Å². The number of methoxy groups -OCH3 is 1. The number of phenolic OH excluding ortho intramolecular Hbond substituents is 1. The third-order valence-corrected chi connectivity index (χ3v) is 7.85. The van der Waals surface area contributed by atoms with Gasteiger partial charge in [-0.15, -0.1) is 0 Å². The lowest BCUT2D eigenvalue weighted by Gasteiger charge is -2.34. The molecule has 5 rings (SSSR count). The Labute approximate surface area is 265 Å². The Morgan fingerprint density at radius 1 is 1.07 bits per heavy atom. The lowest BCUT2D eigenvalue weighted by atomic mass is 9.91. The number of pyridine rings is 1. The lowest BCUT2D eigenvalue weighted by molar-refractivity contribution is -0.131. The van der Waals surface area contributed by atoms with Crippen LogP contribution in [0.15, 0.2) is 66.9 Å². The summed E-state index contributed by atoms with van der Waals surface area (Å²) in [5, 5.41) is 42.3. The van der Waals surface area contributed by atoms with Crippen LogP contribution in [0, 0.1) is 28.5 Å². The average molecular weight is 623 g/mol. The molecular weight excluding hydrogens is 591 g/mol. The van der Waals surface area contributed by atoms with Gasteiger partial charge in [0.15, 0.2) is 18.1 Å². The van der Waals surface area contributed by atoms with Crippen LogP contribution in [0.25, 0.3) is 22.3 Å². The first-order valence-electron chi connectivity index (χ1n) is 14.5. The summed E-state index contributed by atoms with van der Waals surface area (Å²) in [7, 11) is 1.45. The molecule has 4 aromatic rings. The second-order valence-corrected chi connectivity index (χ2v) is 10.7. The van der Waals surface area contributed by atoms with Gasteiger partial charge >= 0.3 is 0 Å². The molecular formula is C34H31FN6O5. The molecule has 0 bridgehead atoms. The molecule has 1 fully saturated rings. The van der Waals surface area contributed by atoms with Crippen molar-refractivity contribution in [3.63, 3.8) is 0 Å². The van der Waals surface area contributed by atoms with Gasteiger partial charge in [-0.2, -0.15) is 10.5 Å². The standard InChI is InChI=1S/C34H31FN6O5/c1-45-31-9-6-22(15-30(31)42)28-19-39-34(27(17-37)33(28)23-4-5-24(16-36)29(35)14-23)41-12-10-25(11-13-41)38-18-21-2-7-26(8-3-21)46-20-32(43)40-44/h2-9,14-15,19,25,38,42,44H,10-13,18,20H2,1H3,(H,40,43). The molecule has 11 nitrogen and oxygen atoms in total. The van der Waals surface area contributed by atoms with Crippen LogP contribution < -0.4 is 25.2 Å². The van der Waals surface area contributed by atoms with Gasteiger partial charge in [0.2, 0.25) is 0 Å². The predicted octanol–water partition coefficient (Wildman–Crippen LogP) is 4.66. The number of halogens is 1. The van der Waals surface area contributed by atoms with Crippen molar-refractivity contribution in [2.75, 3.05) is 31.7 Å². The Kier molecular flexibility index (Phi) is 9.93. The van der Waals surface area contributed by atoms with E-state index in [0.29, 0.717) is 53.5 Å². The Hall–Kier alpha value is -5.69. The normalized spacial score (nSPS) is 13.0. The van der Waals surface area contributed by atoms with E-state index in [1.165, 1.54) is 30.8 Å². The summed E-state index contributed by atoms with van der Waals surface area (Å²) in [4.78, 5) is 17.9. The minimum atomic E-state index is -0.700. The van der Waals surface area contributed by atoms with Gasteiger partial charge in [-0.1, -0.05) is 24.3 Å². The first kappa shape index (κ1) is 31.7. The van der Waals surface area contributed by atoms with Gasteiger partial charge in [0.1, 0.15) is 35.1 Å². The average Bonchev–Trinajstić information content (AvgIpc) is 3.09. The van der Waals surface area contributed by atoms with Gasteiger partial charge in [-0.05, 0) is 65.9 Å². The number of aromatic hydroxyl groups is 1. The van der Waals surface area contributed by atoms with Gasteiger partial charge in [0.05, 0.1) is 12.7 Å². The smallest absolute Gasteiger partial charge is 0.281 e. The highest BCUT2D eigenvalue weighted by atomic mass is 19.1. The fraction of sp³-hybridized carbons (Fsp3) is 0.235. The molecule has 0 radical (unpaired) electrons. The van der Waals surface area contributed by atoms with E-state index in [0.717, 1.165) is 18.4 Å². The summed E-state index contributed by atoms with van der Waals surface area (Å²) in [6, 6.07) is 20.7. The molecule has 234 valence electrons. The number of carbonyl (C=O) groups excluding carboxylic acids is 1. The van der Waals surface area contributed by atoms with Crippen LogP contribution in [-0.4, -0.2) is 54.1 Å². The van der Waals surface area contributed by atoms with E-state index in [1.54, 1.807) is 36.5 Å². The van der Waals surface area contributed by atoms with Crippen molar-refractivity contribution < 1.29 is 29.0 Å². The number of nitrogens with one attached hydrogen (secondary N) is 2. The van der Waals surface area contributed by atoms with Crippen LogP contribution in [0.2, 0.25) is 0 Å². The molecule has 1 saturated heterocycles. The van der Waals surface area contributed by atoms with E-state index < -0.39 is 11.7 Å². The van der Waals surface area contributed by atoms with Gasteiger partial charge in [-0.3, -0.25) is 10.0 Å². The number of rotatable bonds is 10. The molecule has 46 heavy (non-hydrogen) atoms. The largest absolute Gasteiger partial charge is 0.504 e. The molecule has 2 heterocycles. The molecule has 1 aliphatic heterocycles. The molecule has 0 unspecified atom stereocenters. The number of phenols is 1. The Morgan fingerprint density at radius 2 is 1.80 bits per heavy atom. The summed E-state index contributed by atoms with van der Waals surface area (Å²) in [6.07, 6.45) is 3.20. The number of anilines is 1. The van der Waals surface area contributed by atoms with Crippen LogP contribution in [0.5, 0.6) is 17.2 Å². The SMILES string of the molecule is COc1ccc(-c2cnc(N3CCC(NCc4ccc(OCC(=O)NO)cc4)CC3)c(C#N)c2-c2ccc(C#N)c(F)c2)cc1O. The lowest BCUT2D eigenvalue weighted by Crippen LogP contribution is -2.42. The number of hydroxylamine groups is 1. The summed E-state index contributed by atoms with van der Waals surface area (Å²) >= 11 is 0. The molecule has 0 aliphatic carbocycles. The minimum absolute atomic E-state index is 0.0921. The number of carbonyl (C=O) groups is 1. The van der Waals surface area contributed by atoms with E-state index in [4.69, 9.17) is 19.7 Å². The van der Waals surface area contributed by atoms with E-state index in [1.807, 2.05) is 23.1 Å². The minimum Gasteiger partial charge on any atom is -0.504 e. The summed E-state index contributed by atoms with van der Waals surface area (Å²) in [5.41, 5.74) is 4.66. The molecule has 0 atom stereocenters. The number of aromatic nitrogens is 1. The van der Waals surface area contributed by atoms with Gasteiger partial charge in [0.25, 0.3) is 5.91 Å². The first-order chi connectivity index (χ1) is 22.3. The zero-order chi connectivity index (χ0) is 32.6. The second kappa shape index (κ2) is 14.4. The number of ether oxygens (including phenoxy) is 2. The maximum atomic E-state index is 14.8. The van der Waals surface area contributed by atoms with Crippen LogP contribution in [0.4, 0.5) is 10.2 Å². The molecule has 1 aliphatic rings. The number of nitrogens with zero attached hydrogens (tertiary/aromatic N) is 4. The van der Waals surface area contributed by atoms with Crippen molar-refractivity contribution in [3.05, 3.63) is 89.4 Å². The van der Waals surface area contributed by atoms with E-state index in [-0.39, 0.29) is 35.3 Å². The predicted molar refractivity (Wildman–Crippen MR) is 167 cm³/mol. The Balaban J connectivity index is 1.35. The summed E-state index contributed by atoms with van der Waals surface area (Å²) < 4.78 is 25.3. The summed E-state index contributed by atoms with van der Waals surface area (Å²) in [6.45, 7) is 1.60. The fourth-order valence-corrected chi connectivity index (χ4v) is 5.43. The van der Waals surface area contributed by atoms with Crippen molar-refractivity contribution in [1.82, 2.24) is 15.8 Å². The zero-order valence-corrected chi connectivity index (χ0v) is 25.0. The van der Waals surface area contributed by atoms with Crippen molar-refractivity contribution in [1.29, 1.82) is 10.5 Å². The Bertz CT molecular complexity index is 1810. The zero-order valence-electron chi connectivity index (χ0n) is 25.0. The number of benzene rings is 3. The van der Waals surface area contributed by atoms with E-state index >= 15 is 0 Å². The van der Waals surface area contributed by atoms with Crippen molar-refractivity contribution in [3.8, 4) is 51.6 Å². The maximum Gasteiger partial charge on any atom is 0.281 e. The third-order valence-electron chi connectivity index (χ3n) is 7.85. The quantitative estimate of drug-likeness (QED) is 0.145. The molecule has 0 saturated carbocycles. The number of hydrogen-bond acceptors (Lipinski definition) is 10. The van der Waals surface area contributed by atoms with Gasteiger partial charge < -0.3 is 24.8 Å². The highest BCUT2D eigenvalue weighted by molar-refractivity contribution is 5.90. The molecule has 1 amide bonds. The van der Waals surface area contributed by atoms with Gasteiger partial charge in [0, 0.05) is 43.0 Å². The number of amides is 1. The highest BCUT2D eigenvalue weighted by Crippen LogP contribution is 2.41. The number of piperidine rings is 1. The van der Waals surface area contributed by atoms with Crippen LogP contribution in [0.3, 0.4) is 0 Å². The summed E-state index contributed by atoms with van der Waals surface area (Å²) in [5.74, 6) is -0.152. The van der Waals surface area contributed by atoms with Crippen LogP contribution >= 0.6 is 0 Å². The van der Waals surface area contributed by atoms with Gasteiger partial charge in [-0.25, -0.2) is 14.9 Å². The third kappa shape index (κ3) is 7.00. The monoisotopic (exact) mass is 622 g/mol. The molecule has 3 aromatic carbocycles. The number of nitriles is 2. The number of hydrogen-bond donors (Lipinski definition) is 4. The highest BCUT2D eigenvalue weighted by Gasteiger charge is 2.26. The second-order valence-electron chi connectivity index (χ2n) is 10.7. The first-order valence-corrected chi connectivity index (χ1v) is 14.5. The topological polar surface area (TPSA) is 164 Å². The van der Waals surface area contributed by atoms with E-state index in [9.17, 15) is 24.8 Å². The van der Waals surface area contributed by atoms with Crippen LogP contribution in [0.1, 0.15) is 29.5 Å². The van der Waals surface area contributed by atoms with Crippen molar-refractivity contribution >= 4 is 11.7 Å².